The van der Waals surface area contributed by atoms with Crippen molar-refractivity contribution in [2.24, 2.45) is 4.99 Å². The molecule has 1 aromatic carbocycles. The Balaban J connectivity index is 0.00000288. The summed E-state index contributed by atoms with van der Waals surface area (Å²) in [7, 11) is 1.71. The second kappa shape index (κ2) is 11.7. The number of methoxy groups -OCH3 is 1. The second-order valence-electron chi connectivity index (χ2n) is 6.09. The smallest absolute Gasteiger partial charge is 0.191 e. The molecule has 1 aromatic rings. The topological polar surface area (TPSA) is 65.9 Å². The molecule has 3 N–H and O–H groups in total. The molecule has 1 saturated carbocycles. The third kappa shape index (κ3) is 7.36. The Kier molecular flexibility index (Phi) is 10.3. The minimum absolute atomic E-state index is 0. The van der Waals surface area contributed by atoms with Crippen LogP contribution < -0.4 is 10.6 Å². The molecule has 0 bridgehead atoms. The first-order chi connectivity index (χ1) is 11.2. The Labute approximate surface area is 162 Å². The maximum Gasteiger partial charge on any atom is 0.191 e. The Morgan fingerprint density at radius 1 is 1.17 bits per heavy atom. The van der Waals surface area contributed by atoms with Crippen molar-refractivity contribution in [2.75, 3.05) is 13.7 Å². The zero-order valence-electron chi connectivity index (χ0n) is 14.6. The third-order valence-electron chi connectivity index (χ3n) is 4.14. The van der Waals surface area contributed by atoms with E-state index in [1.54, 1.807) is 7.11 Å². The van der Waals surface area contributed by atoms with Gasteiger partial charge in [-0.15, -0.1) is 24.0 Å². The number of nitrogens with one attached hydrogen (secondary N) is 2. The first-order valence-electron chi connectivity index (χ1n) is 8.51. The van der Waals surface area contributed by atoms with Gasteiger partial charge in [0.25, 0.3) is 0 Å². The number of aliphatic hydroxyl groups is 1. The van der Waals surface area contributed by atoms with Crippen LogP contribution in [0.4, 0.5) is 0 Å². The molecule has 1 aliphatic rings. The Hall–Kier alpha value is -0.860. The summed E-state index contributed by atoms with van der Waals surface area (Å²) in [5.74, 6) is 0.856. The molecule has 5 nitrogen and oxygen atoms in total. The van der Waals surface area contributed by atoms with Gasteiger partial charge in [0, 0.05) is 19.7 Å². The molecule has 1 aliphatic carbocycles. The minimum atomic E-state index is -0.127. The van der Waals surface area contributed by atoms with Crippen molar-refractivity contribution in [3.8, 4) is 0 Å². The van der Waals surface area contributed by atoms with E-state index in [4.69, 9.17) is 4.74 Å². The number of benzene rings is 1. The van der Waals surface area contributed by atoms with Gasteiger partial charge in [0.2, 0.25) is 0 Å². The second-order valence-corrected chi connectivity index (χ2v) is 6.09. The summed E-state index contributed by atoms with van der Waals surface area (Å²) in [5.41, 5.74) is 2.35. The summed E-state index contributed by atoms with van der Waals surface area (Å²) in [6.45, 7) is 4.20. The van der Waals surface area contributed by atoms with Crippen LogP contribution in [0.3, 0.4) is 0 Å². The number of hydrogen-bond acceptors (Lipinski definition) is 3. The Bertz CT molecular complexity index is 486. The number of halogens is 1. The van der Waals surface area contributed by atoms with E-state index in [-0.39, 0.29) is 30.1 Å². The molecule has 0 atom stereocenters. The lowest BCUT2D eigenvalue weighted by molar-refractivity contribution is 0.120. The van der Waals surface area contributed by atoms with Crippen LogP contribution in [0, 0.1) is 0 Å². The van der Waals surface area contributed by atoms with E-state index >= 15 is 0 Å². The highest BCUT2D eigenvalue weighted by molar-refractivity contribution is 14.0. The number of nitrogens with zero attached hydrogens (tertiary/aromatic N) is 1. The van der Waals surface area contributed by atoms with Crippen molar-refractivity contribution in [2.45, 2.75) is 57.9 Å². The molecule has 136 valence electrons. The molecular formula is C18H30IN3O2. The lowest BCUT2D eigenvalue weighted by atomic mass is 9.93. The zero-order chi connectivity index (χ0) is 16.5. The molecule has 0 heterocycles. The van der Waals surface area contributed by atoms with Crippen LogP contribution in [0.15, 0.2) is 29.3 Å². The predicted octanol–water partition coefficient (Wildman–Crippen LogP) is 2.81. The van der Waals surface area contributed by atoms with E-state index in [9.17, 15) is 5.11 Å². The van der Waals surface area contributed by atoms with Crippen LogP contribution in [-0.4, -0.2) is 36.9 Å². The van der Waals surface area contributed by atoms with Gasteiger partial charge < -0.3 is 20.5 Å². The van der Waals surface area contributed by atoms with E-state index in [1.165, 1.54) is 11.1 Å². The number of rotatable bonds is 6. The highest BCUT2D eigenvalue weighted by Crippen LogP contribution is 2.18. The fraction of sp³-hybridized carbons (Fsp3) is 0.611. The van der Waals surface area contributed by atoms with Gasteiger partial charge in [0.05, 0.1) is 19.3 Å². The van der Waals surface area contributed by atoms with Crippen LogP contribution in [-0.2, 0) is 17.9 Å². The van der Waals surface area contributed by atoms with Gasteiger partial charge in [-0.2, -0.15) is 0 Å². The van der Waals surface area contributed by atoms with Gasteiger partial charge in [-0.25, -0.2) is 4.99 Å². The third-order valence-corrected chi connectivity index (χ3v) is 4.14. The SMILES string of the molecule is CCNC(=NCc1ccc(COC)cc1)NC1CCC(O)CC1.I. The Morgan fingerprint density at radius 2 is 1.79 bits per heavy atom. The lowest BCUT2D eigenvalue weighted by Crippen LogP contribution is -2.45. The van der Waals surface area contributed by atoms with Crippen LogP contribution in [0.2, 0.25) is 0 Å². The van der Waals surface area contributed by atoms with Crippen molar-refractivity contribution >= 4 is 29.9 Å². The largest absolute Gasteiger partial charge is 0.393 e. The number of aliphatic hydroxyl groups excluding tert-OH is 1. The van der Waals surface area contributed by atoms with E-state index in [0.717, 1.165) is 38.2 Å². The maximum absolute atomic E-state index is 9.59. The molecule has 24 heavy (non-hydrogen) atoms. The molecule has 0 amide bonds. The van der Waals surface area contributed by atoms with Crippen LogP contribution in [0.5, 0.6) is 0 Å². The highest BCUT2D eigenvalue weighted by atomic mass is 127. The fourth-order valence-electron chi connectivity index (χ4n) is 2.81. The van der Waals surface area contributed by atoms with E-state index in [2.05, 4.69) is 46.8 Å². The van der Waals surface area contributed by atoms with Gasteiger partial charge in [-0.1, -0.05) is 24.3 Å². The average molecular weight is 447 g/mol. The van der Waals surface area contributed by atoms with Crippen molar-refractivity contribution < 1.29 is 9.84 Å². The summed E-state index contributed by atoms with van der Waals surface area (Å²) >= 11 is 0. The molecule has 0 saturated heterocycles. The number of aliphatic imine (C=N–C) groups is 1. The molecule has 0 aromatic heterocycles. The summed E-state index contributed by atoms with van der Waals surface area (Å²) in [6.07, 6.45) is 3.61. The molecule has 0 radical (unpaired) electrons. The number of ether oxygens (including phenoxy) is 1. The summed E-state index contributed by atoms with van der Waals surface area (Å²) in [6, 6.07) is 8.76. The van der Waals surface area contributed by atoms with Crippen LogP contribution in [0.1, 0.15) is 43.7 Å². The molecule has 6 heteroatoms. The molecular weight excluding hydrogens is 417 g/mol. The maximum atomic E-state index is 9.59. The number of hydrogen-bond donors (Lipinski definition) is 3. The van der Waals surface area contributed by atoms with Crippen LogP contribution >= 0.6 is 24.0 Å². The summed E-state index contributed by atoms with van der Waals surface area (Å²) in [5, 5.41) is 16.4. The summed E-state index contributed by atoms with van der Waals surface area (Å²) < 4.78 is 5.12. The number of guanidine groups is 1. The average Bonchev–Trinajstić information content (AvgIpc) is 2.56. The van der Waals surface area contributed by atoms with E-state index in [0.29, 0.717) is 19.2 Å². The monoisotopic (exact) mass is 447 g/mol. The standard InChI is InChI=1S/C18H29N3O2.HI/c1-3-19-18(21-16-8-10-17(22)11-9-16)20-12-14-4-6-15(7-5-14)13-23-2;/h4-7,16-17,22H,3,8-13H2,1-2H3,(H2,19,20,21);1H. The molecule has 0 spiro atoms. The van der Waals surface area contributed by atoms with E-state index < -0.39 is 0 Å². The molecule has 0 aliphatic heterocycles. The molecule has 1 fully saturated rings. The molecule has 2 rings (SSSR count). The van der Waals surface area contributed by atoms with Crippen molar-refractivity contribution in [1.82, 2.24) is 10.6 Å². The highest BCUT2D eigenvalue weighted by Gasteiger charge is 2.19. The predicted molar refractivity (Wildman–Crippen MR) is 109 cm³/mol. The van der Waals surface area contributed by atoms with Crippen LogP contribution in [0.25, 0.3) is 0 Å². The van der Waals surface area contributed by atoms with Gasteiger partial charge in [-0.3, -0.25) is 0 Å². The van der Waals surface area contributed by atoms with Crippen molar-refractivity contribution in [3.63, 3.8) is 0 Å². The van der Waals surface area contributed by atoms with Crippen molar-refractivity contribution in [1.29, 1.82) is 0 Å². The Morgan fingerprint density at radius 3 is 2.38 bits per heavy atom. The summed E-state index contributed by atoms with van der Waals surface area (Å²) in [4.78, 5) is 4.67. The van der Waals surface area contributed by atoms with Gasteiger partial charge in [0.15, 0.2) is 5.96 Å². The van der Waals surface area contributed by atoms with Crippen molar-refractivity contribution in [3.05, 3.63) is 35.4 Å². The lowest BCUT2D eigenvalue weighted by Gasteiger charge is -2.27. The minimum Gasteiger partial charge on any atom is -0.393 e. The van der Waals surface area contributed by atoms with Gasteiger partial charge in [-0.05, 0) is 43.7 Å². The van der Waals surface area contributed by atoms with E-state index in [1.807, 2.05) is 0 Å². The molecule has 0 unspecified atom stereocenters. The first kappa shape index (κ1) is 21.2. The first-order valence-corrected chi connectivity index (χ1v) is 8.51. The fourth-order valence-corrected chi connectivity index (χ4v) is 2.81. The quantitative estimate of drug-likeness (QED) is 0.357. The zero-order valence-corrected chi connectivity index (χ0v) is 17.0. The van der Waals surface area contributed by atoms with Gasteiger partial charge in [0.1, 0.15) is 0 Å². The van der Waals surface area contributed by atoms with Gasteiger partial charge >= 0.3 is 0 Å². The normalized spacial score (nSPS) is 21.0.